The molecule has 0 saturated carbocycles. The first-order valence-corrected chi connectivity index (χ1v) is 11.6. The van der Waals surface area contributed by atoms with Crippen LogP contribution in [0.3, 0.4) is 0 Å². The summed E-state index contributed by atoms with van der Waals surface area (Å²) in [5.41, 5.74) is 2.09. The maximum absolute atomic E-state index is 13.4. The molecule has 180 valence electrons. The number of Topliss-reactive ketones (excluding diaryl/α,β-unsaturated/α-hetero) is 1. The fraction of sp³-hybridized carbons (Fsp3) is 0.222. The summed E-state index contributed by atoms with van der Waals surface area (Å²) < 4.78 is 11.3. The number of ether oxygens (including phenoxy) is 2. The zero-order valence-corrected chi connectivity index (χ0v) is 20.4. The number of carbonyl (C=O) groups excluding carboxylic acids is 2. The van der Waals surface area contributed by atoms with Crippen molar-refractivity contribution in [2.75, 3.05) is 18.1 Å². The monoisotopic (exact) mass is 492 g/mol. The number of hydrogen-bond acceptors (Lipinski definition) is 6. The lowest BCUT2D eigenvalue weighted by Gasteiger charge is -2.27. The molecule has 1 unspecified atom stereocenters. The number of carbonyl (C=O) groups is 2. The van der Waals surface area contributed by atoms with Gasteiger partial charge in [-0.2, -0.15) is 0 Å². The van der Waals surface area contributed by atoms with E-state index in [1.54, 1.807) is 60.9 Å². The van der Waals surface area contributed by atoms with E-state index in [9.17, 15) is 14.7 Å². The van der Waals surface area contributed by atoms with E-state index in [4.69, 9.17) is 21.1 Å². The number of aromatic nitrogens is 1. The van der Waals surface area contributed by atoms with Crippen LogP contribution in [0.1, 0.15) is 36.6 Å². The summed E-state index contributed by atoms with van der Waals surface area (Å²) in [4.78, 5) is 32.2. The maximum atomic E-state index is 13.4. The van der Waals surface area contributed by atoms with E-state index in [1.165, 1.54) is 4.90 Å². The highest BCUT2D eigenvalue weighted by Crippen LogP contribution is 2.44. The Kier molecular flexibility index (Phi) is 7.07. The zero-order valence-electron chi connectivity index (χ0n) is 19.6. The number of hydrogen-bond donors (Lipinski definition) is 1. The molecule has 8 heteroatoms. The highest BCUT2D eigenvalue weighted by Gasteiger charge is 2.47. The average Bonchev–Trinajstić information content (AvgIpc) is 3.12. The molecule has 1 amide bonds. The van der Waals surface area contributed by atoms with Gasteiger partial charge in [-0.15, -0.1) is 0 Å². The first kappa shape index (κ1) is 24.3. The quantitative estimate of drug-likeness (QED) is 0.267. The van der Waals surface area contributed by atoms with Gasteiger partial charge in [-0.05, 0) is 68.3 Å². The fourth-order valence-electron chi connectivity index (χ4n) is 4.16. The molecule has 1 saturated heterocycles. The second kappa shape index (κ2) is 10.2. The van der Waals surface area contributed by atoms with E-state index in [1.807, 2.05) is 20.8 Å². The minimum Gasteiger partial charge on any atom is -0.507 e. The molecule has 2 aromatic carbocycles. The van der Waals surface area contributed by atoms with Gasteiger partial charge in [0.2, 0.25) is 0 Å². The van der Waals surface area contributed by atoms with Gasteiger partial charge in [0.25, 0.3) is 11.7 Å². The van der Waals surface area contributed by atoms with Crippen molar-refractivity contribution in [1.82, 2.24) is 4.98 Å². The summed E-state index contributed by atoms with van der Waals surface area (Å²) in [5.74, 6) is -0.996. The molecule has 1 aromatic heterocycles. The predicted molar refractivity (Wildman–Crippen MR) is 134 cm³/mol. The van der Waals surface area contributed by atoms with Crippen molar-refractivity contribution in [2.24, 2.45) is 0 Å². The number of pyridine rings is 1. The van der Waals surface area contributed by atoms with E-state index in [-0.39, 0.29) is 16.9 Å². The first-order chi connectivity index (χ1) is 16.9. The number of aliphatic hydroxyl groups excluding tert-OH is 1. The molecule has 0 radical (unpaired) electrons. The minimum absolute atomic E-state index is 0.0503. The Morgan fingerprint density at radius 3 is 2.43 bits per heavy atom. The third-order valence-electron chi connectivity index (χ3n) is 5.72. The SMILES string of the molecule is CCOc1ccc(/C(O)=C2/C(=O)C(=O)N(c3cc(Cl)ccc3C)C2c2ccncc2)c(OCC)c1. The third-order valence-corrected chi connectivity index (χ3v) is 5.95. The smallest absolute Gasteiger partial charge is 0.300 e. The molecule has 2 heterocycles. The van der Waals surface area contributed by atoms with Crippen LogP contribution >= 0.6 is 11.6 Å². The molecule has 3 aromatic rings. The first-order valence-electron chi connectivity index (χ1n) is 11.2. The molecule has 7 nitrogen and oxygen atoms in total. The van der Waals surface area contributed by atoms with Crippen LogP contribution in [-0.2, 0) is 9.59 Å². The molecule has 1 fully saturated rings. The van der Waals surface area contributed by atoms with Crippen LogP contribution in [0.5, 0.6) is 11.5 Å². The van der Waals surface area contributed by atoms with Crippen molar-refractivity contribution in [2.45, 2.75) is 26.8 Å². The van der Waals surface area contributed by atoms with Crippen molar-refractivity contribution in [1.29, 1.82) is 0 Å². The van der Waals surface area contributed by atoms with E-state index >= 15 is 0 Å². The van der Waals surface area contributed by atoms with Crippen molar-refractivity contribution in [3.63, 3.8) is 0 Å². The molecule has 1 aliphatic rings. The van der Waals surface area contributed by atoms with Crippen LogP contribution in [0.15, 0.2) is 66.5 Å². The van der Waals surface area contributed by atoms with E-state index < -0.39 is 17.7 Å². The number of amides is 1. The molecule has 4 rings (SSSR count). The van der Waals surface area contributed by atoms with E-state index in [0.717, 1.165) is 5.56 Å². The van der Waals surface area contributed by atoms with Crippen LogP contribution < -0.4 is 14.4 Å². The van der Waals surface area contributed by atoms with Crippen LogP contribution in [0, 0.1) is 6.92 Å². The van der Waals surface area contributed by atoms with Gasteiger partial charge >= 0.3 is 0 Å². The number of aryl methyl sites for hydroxylation is 1. The van der Waals surface area contributed by atoms with Gasteiger partial charge in [-0.1, -0.05) is 17.7 Å². The summed E-state index contributed by atoms with van der Waals surface area (Å²) in [6.45, 7) is 6.30. The van der Waals surface area contributed by atoms with E-state index in [2.05, 4.69) is 4.98 Å². The number of ketones is 1. The van der Waals surface area contributed by atoms with Crippen molar-refractivity contribution in [3.8, 4) is 11.5 Å². The Hall–Kier alpha value is -3.84. The van der Waals surface area contributed by atoms with Gasteiger partial charge < -0.3 is 14.6 Å². The lowest BCUT2D eigenvalue weighted by molar-refractivity contribution is -0.132. The summed E-state index contributed by atoms with van der Waals surface area (Å²) in [5, 5.41) is 11.9. The predicted octanol–water partition coefficient (Wildman–Crippen LogP) is 5.47. The van der Waals surface area contributed by atoms with Crippen molar-refractivity contribution >= 4 is 34.7 Å². The third kappa shape index (κ3) is 4.59. The normalized spacial score (nSPS) is 17.0. The molecule has 1 aliphatic heterocycles. The average molecular weight is 493 g/mol. The molecular weight excluding hydrogens is 468 g/mol. The van der Waals surface area contributed by atoms with Crippen LogP contribution in [-0.4, -0.2) is 35.0 Å². The Morgan fingerprint density at radius 2 is 1.74 bits per heavy atom. The topological polar surface area (TPSA) is 89.0 Å². The molecular formula is C27H25ClN2O5. The van der Waals surface area contributed by atoms with Crippen molar-refractivity contribution < 1.29 is 24.2 Å². The summed E-state index contributed by atoms with van der Waals surface area (Å²) in [6.07, 6.45) is 3.14. The van der Waals surface area contributed by atoms with Gasteiger partial charge in [0.15, 0.2) is 0 Å². The van der Waals surface area contributed by atoms with Gasteiger partial charge in [0, 0.05) is 29.2 Å². The van der Waals surface area contributed by atoms with Crippen LogP contribution in [0.4, 0.5) is 5.69 Å². The molecule has 0 spiro atoms. The van der Waals surface area contributed by atoms with Gasteiger partial charge in [-0.25, -0.2) is 0 Å². The Bertz CT molecular complexity index is 1310. The standard InChI is InChI=1S/C27H25ClN2O5/c1-4-34-19-8-9-20(22(15-19)35-5-2)25(31)23-24(17-10-12-29-13-11-17)30(27(33)26(23)32)21-14-18(28)7-6-16(21)3/h6-15,24,31H,4-5H2,1-3H3/b25-23-. The van der Waals surface area contributed by atoms with Crippen LogP contribution in [0.25, 0.3) is 5.76 Å². The Labute approximate surface area is 208 Å². The second-order valence-corrected chi connectivity index (χ2v) is 8.34. The highest BCUT2D eigenvalue weighted by molar-refractivity contribution is 6.52. The number of benzene rings is 2. The summed E-state index contributed by atoms with van der Waals surface area (Å²) in [6, 6.07) is 12.6. The molecule has 0 aliphatic carbocycles. The van der Waals surface area contributed by atoms with Crippen LogP contribution in [0.2, 0.25) is 5.02 Å². The Balaban J connectivity index is 1.96. The maximum Gasteiger partial charge on any atom is 0.300 e. The number of rotatable bonds is 7. The number of halogens is 1. The van der Waals surface area contributed by atoms with Crippen molar-refractivity contribution in [3.05, 3.63) is 88.2 Å². The molecule has 35 heavy (non-hydrogen) atoms. The molecule has 1 N–H and O–H groups in total. The zero-order chi connectivity index (χ0) is 25.1. The summed E-state index contributed by atoms with van der Waals surface area (Å²) >= 11 is 6.24. The molecule has 0 bridgehead atoms. The highest BCUT2D eigenvalue weighted by atomic mass is 35.5. The number of anilines is 1. The van der Waals surface area contributed by atoms with E-state index in [0.29, 0.717) is 41.0 Å². The second-order valence-electron chi connectivity index (χ2n) is 7.90. The summed E-state index contributed by atoms with van der Waals surface area (Å²) in [7, 11) is 0. The number of nitrogens with zero attached hydrogens (tertiary/aromatic N) is 2. The van der Waals surface area contributed by atoms with Gasteiger partial charge in [0.1, 0.15) is 17.3 Å². The van der Waals surface area contributed by atoms with Gasteiger partial charge in [-0.3, -0.25) is 19.5 Å². The Morgan fingerprint density at radius 1 is 1.03 bits per heavy atom. The van der Waals surface area contributed by atoms with Gasteiger partial charge in [0.05, 0.1) is 30.4 Å². The fourth-order valence-corrected chi connectivity index (χ4v) is 4.33. The molecule has 1 atom stereocenters. The minimum atomic E-state index is -0.892. The number of aliphatic hydroxyl groups is 1. The largest absolute Gasteiger partial charge is 0.507 e. The lowest BCUT2D eigenvalue weighted by Crippen LogP contribution is -2.30. The lowest BCUT2D eigenvalue weighted by atomic mass is 9.95.